The summed E-state index contributed by atoms with van der Waals surface area (Å²) in [6.45, 7) is 5.58. The van der Waals surface area contributed by atoms with Gasteiger partial charge < -0.3 is 9.64 Å². The number of amides is 1. The second-order valence-electron chi connectivity index (χ2n) is 5.32. The number of rotatable bonds is 1. The van der Waals surface area contributed by atoms with E-state index in [9.17, 15) is 4.79 Å². The van der Waals surface area contributed by atoms with Crippen LogP contribution in [-0.2, 0) is 9.53 Å². The highest BCUT2D eigenvalue weighted by atomic mass is 16.5. The summed E-state index contributed by atoms with van der Waals surface area (Å²) in [6.07, 6.45) is 5.94. The van der Waals surface area contributed by atoms with Gasteiger partial charge in [-0.2, -0.15) is 0 Å². The Morgan fingerprint density at radius 1 is 1.06 bits per heavy atom. The molecule has 0 N–H and O–H groups in total. The summed E-state index contributed by atoms with van der Waals surface area (Å²) < 4.78 is 5.47. The van der Waals surface area contributed by atoms with Crippen molar-refractivity contribution in [1.82, 2.24) is 4.90 Å². The minimum atomic E-state index is 0.248. The number of hydrogen-bond acceptors (Lipinski definition) is 2. The molecule has 3 heteroatoms. The van der Waals surface area contributed by atoms with Crippen LogP contribution in [0.25, 0.3) is 0 Å². The summed E-state index contributed by atoms with van der Waals surface area (Å²) in [5.41, 5.74) is 0. The maximum absolute atomic E-state index is 12.4. The van der Waals surface area contributed by atoms with Crippen LogP contribution in [-0.4, -0.2) is 36.1 Å². The molecule has 2 atom stereocenters. The van der Waals surface area contributed by atoms with Crippen LogP contribution in [0.2, 0.25) is 0 Å². The molecule has 2 aliphatic rings. The van der Waals surface area contributed by atoms with Gasteiger partial charge in [0, 0.05) is 5.92 Å². The Kier molecular flexibility index (Phi) is 3.85. The normalized spacial score (nSPS) is 32.8. The Balaban J connectivity index is 2.00. The van der Waals surface area contributed by atoms with E-state index < -0.39 is 0 Å². The Bertz CT molecular complexity index is 238. The van der Waals surface area contributed by atoms with Crippen LogP contribution in [0.1, 0.15) is 46.0 Å². The van der Waals surface area contributed by atoms with Gasteiger partial charge in [-0.05, 0) is 26.7 Å². The van der Waals surface area contributed by atoms with Crippen LogP contribution >= 0.6 is 0 Å². The molecule has 0 radical (unpaired) electrons. The van der Waals surface area contributed by atoms with E-state index in [1.54, 1.807) is 0 Å². The van der Waals surface area contributed by atoms with Crippen molar-refractivity contribution in [2.75, 3.05) is 13.2 Å². The minimum absolute atomic E-state index is 0.248. The van der Waals surface area contributed by atoms with Crippen LogP contribution in [0, 0.1) is 5.92 Å². The zero-order chi connectivity index (χ0) is 11.5. The van der Waals surface area contributed by atoms with E-state index in [1.807, 2.05) is 0 Å². The molecule has 1 amide bonds. The Morgan fingerprint density at radius 2 is 1.62 bits per heavy atom. The predicted molar refractivity (Wildman–Crippen MR) is 63.2 cm³/mol. The third kappa shape index (κ3) is 2.40. The number of carbonyl (C=O) groups is 1. The predicted octanol–water partition coefficient (Wildman–Crippen LogP) is 2.20. The van der Waals surface area contributed by atoms with Gasteiger partial charge in [0.15, 0.2) is 0 Å². The van der Waals surface area contributed by atoms with Crippen molar-refractivity contribution in [2.24, 2.45) is 5.92 Å². The lowest BCUT2D eigenvalue weighted by Gasteiger charge is -2.41. The van der Waals surface area contributed by atoms with E-state index in [1.165, 1.54) is 19.3 Å². The SMILES string of the molecule is CC1COCC(C)N1C(=O)C1CCCCC1. The van der Waals surface area contributed by atoms with Gasteiger partial charge in [0.25, 0.3) is 0 Å². The molecule has 92 valence electrons. The summed E-state index contributed by atoms with van der Waals surface area (Å²) in [7, 11) is 0. The average molecular weight is 225 g/mol. The smallest absolute Gasteiger partial charge is 0.226 e. The van der Waals surface area contributed by atoms with E-state index in [0.29, 0.717) is 19.1 Å². The molecule has 0 bridgehead atoms. The Hall–Kier alpha value is -0.570. The molecule has 1 saturated carbocycles. The molecule has 1 aliphatic carbocycles. The zero-order valence-corrected chi connectivity index (χ0v) is 10.4. The third-order valence-corrected chi connectivity index (χ3v) is 3.88. The number of nitrogens with zero attached hydrogens (tertiary/aromatic N) is 1. The van der Waals surface area contributed by atoms with Crippen LogP contribution in [0.3, 0.4) is 0 Å². The van der Waals surface area contributed by atoms with E-state index in [4.69, 9.17) is 4.74 Å². The van der Waals surface area contributed by atoms with Gasteiger partial charge in [0.1, 0.15) is 0 Å². The average Bonchev–Trinajstić information content (AvgIpc) is 2.30. The van der Waals surface area contributed by atoms with Crippen molar-refractivity contribution in [1.29, 1.82) is 0 Å². The maximum Gasteiger partial charge on any atom is 0.226 e. The maximum atomic E-state index is 12.4. The fourth-order valence-electron chi connectivity index (χ4n) is 3.00. The molecule has 0 spiro atoms. The molecule has 1 heterocycles. The first-order valence-electron chi connectivity index (χ1n) is 6.60. The van der Waals surface area contributed by atoms with E-state index in [0.717, 1.165) is 12.8 Å². The number of morpholine rings is 1. The van der Waals surface area contributed by atoms with Crippen LogP contribution in [0.15, 0.2) is 0 Å². The molecule has 2 rings (SSSR count). The summed E-state index contributed by atoms with van der Waals surface area (Å²) in [5.74, 6) is 0.666. The molecule has 1 saturated heterocycles. The number of carbonyl (C=O) groups excluding carboxylic acids is 1. The van der Waals surface area contributed by atoms with E-state index in [2.05, 4.69) is 18.7 Å². The molecule has 0 aromatic heterocycles. The van der Waals surface area contributed by atoms with Crippen molar-refractivity contribution in [3.8, 4) is 0 Å². The lowest BCUT2D eigenvalue weighted by atomic mass is 9.87. The topological polar surface area (TPSA) is 29.5 Å². The lowest BCUT2D eigenvalue weighted by molar-refractivity contribution is -0.149. The van der Waals surface area contributed by atoms with Crippen molar-refractivity contribution in [3.63, 3.8) is 0 Å². The quantitative estimate of drug-likeness (QED) is 0.684. The van der Waals surface area contributed by atoms with Crippen LogP contribution in [0.4, 0.5) is 0 Å². The highest BCUT2D eigenvalue weighted by Crippen LogP contribution is 2.27. The Labute approximate surface area is 98.1 Å². The molecular formula is C13H23NO2. The van der Waals surface area contributed by atoms with Crippen molar-refractivity contribution in [3.05, 3.63) is 0 Å². The largest absolute Gasteiger partial charge is 0.377 e. The first kappa shape index (κ1) is 11.9. The second-order valence-corrected chi connectivity index (χ2v) is 5.32. The fourth-order valence-corrected chi connectivity index (χ4v) is 3.00. The third-order valence-electron chi connectivity index (χ3n) is 3.88. The highest BCUT2D eigenvalue weighted by molar-refractivity contribution is 5.79. The molecule has 0 aromatic rings. The minimum Gasteiger partial charge on any atom is -0.377 e. The van der Waals surface area contributed by atoms with Gasteiger partial charge >= 0.3 is 0 Å². The van der Waals surface area contributed by atoms with Crippen molar-refractivity contribution in [2.45, 2.75) is 58.0 Å². The van der Waals surface area contributed by atoms with Gasteiger partial charge in [-0.25, -0.2) is 0 Å². The summed E-state index contributed by atoms with van der Waals surface area (Å²) in [4.78, 5) is 14.5. The molecule has 1 aliphatic heterocycles. The van der Waals surface area contributed by atoms with Gasteiger partial charge in [-0.3, -0.25) is 4.79 Å². The fraction of sp³-hybridized carbons (Fsp3) is 0.923. The summed E-state index contributed by atoms with van der Waals surface area (Å²) in [6, 6.07) is 0.497. The van der Waals surface area contributed by atoms with Crippen molar-refractivity contribution < 1.29 is 9.53 Å². The van der Waals surface area contributed by atoms with Gasteiger partial charge in [-0.1, -0.05) is 19.3 Å². The summed E-state index contributed by atoms with van der Waals surface area (Å²) >= 11 is 0. The van der Waals surface area contributed by atoms with E-state index >= 15 is 0 Å². The van der Waals surface area contributed by atoms with Crippen molar-refractivity contribution >= 4 is 5.91 Å². The standard InChI is InChI=1S/C13H23NO2/c1-10-8-16-9-11(2)14(10)13(15)12-6-4-3-5-7-12/h10-12H,3-9H2,1-2H3. The number of hydrogen-bond donors (Lipinski definition) is 0. The first-order chi connectivity index (χ1) is 7.70. The first-order valence-corrected chi connectivity index (χ1v) is 6.60. The molecule has 0 aromatic carbocycles. The monoisotopic (exact) mass is 225 g/mol. The van der Waals surface area contributed by atoms with Gasteiger partial charge in [0.05, 0.1) is 25.3 Å². The Morgan fingerprint density at radius 3 is 2.19 bits per heavy atom. The molecule has 2 unspecified atom stereocenters. The molecule has 16 heavy (non-hydrogen) atoms. The lowest BCUT2D eigenvalue weighted by Crippen LogP contribution is -2.54. The second kappa shape index (κ2) is 5.17. The molecular weight excluding hydrogens is 202 g/mol. The van der Waals surface area contributed by atoms with E-state index in [-0.39, 0.29) is 18.0 Å². The summed E-state index contributed by atoms with van der Waals surface area (Å²) in [5, 5.41) is 0. The van der Waals surface area contributed by atoms with Crippen LogP contribution in [0.5, 0.6) is 0 Å². The molecule has 3 nitrogen and oxygen atoms in total. The van der Waals surface area contributed by atoms with Gasteiger partial charge in [0.2, 0.25) is 5.91 Å². The highest BCUT2D eigenvalue weighted by Gasteiger charge is 2.34. The van der Waals surface area contributed by atoms with Gasteiger partial charge in [-0.15, -0.1) is 0 Å². The van der Waals surface area contributed by atoms with Crippen LogP contribution < -0.4 is 0 Å². The number of ether oxygens (including phenoxy) is 1. The zero-order valence-electron chi connectivity index (χ0n) is 10.4. The molecule has 2 fully saturated rings.